The van der Waals surface area contributed by atoms with Crippen LogP contribution in [0.2, 0.25) is 0 Å². The summed E-state index contributed by atoms with van der Waals surface area (Å²) in [7, 11) is 1.38. The number of carboxylic acids is 1. The van der Waals surface area contributed by atoms with E-state index in [0.29, 0.717) is 5.57 Å². The molecule has 0 saturated heterocycles. The molecule has 0 amide bonds. The smallest absolute Gasteiger partial charge is 0.340 e. The lowest BCUT2D eigenvalue weighted by Gasteiger charge is -2.11. The van der Waals surface area contributed by atoms with Gasteiger partial charge >= 0.3 is 5.97 Å². The third-order valence-corrected chi connectivity index (χ3v) is 2.46. The number of aromatic carboxylic acids is 1. The average molecular weight is 260 g/mol. The predicted molar refractivity (Wildman–Crippen MR) is 69.1 cm³/mol. The van der Waals surface area contributed by atoms with Crippen LogP contribution in [0.25, 0.3) is 5.57 Å². The Morgan fingerprint density at radius 2 is 2.05 bits per heavy atom. The van der Waals surface area contributed by atoms with Crippen molar-refractivity contribution in [2.75, 3.05) is 7.11 Å². The van der Waals surface area contributed by atoms with Gasteiger partial charge in [0.2, 0.25) is 5.78 Å². The molecule has 0 atom stereocenters. The standard InChI is InChI=1S/C14H12O5/c1-4-9(15)5-8(2)11-6-10(19-3)7-12(16)13(11)14(17)18/h1,5-7,16H,2-3H3,(H,17,18)/b8-5+. The Balaban J connectivity index is 3.52. The predicted octanol–water partition coefficient (Wildman–Crippen LogP) is 1.70. The number of terminal acetylenes is 1. The van der Waals surface area contributed by atoms with E-state index in [1.807, 2.05) is 5.92 Å². The van der Waals surface area contributed by atoms with Crippen molar-refractivity contribution in [3.8, 4) is 23.8 Å². The molecule has 1 aromatic rings. The van der Waals surface area contributed by atoms with Gasteiger partial charge in [0.25, 0.3) is 0 Å². The van der Waals surface area contributed by atoms with Crippen LogP contribution in [-0.4, -0.2) is 29.1 Å². The van der Waals surface area contributed by atoms with Crippen LogP contribution in [0.15, 0.2) is 18.2 Å². The maximum atomic E-state index is 11.2. The Morgan fingerprint density at radius 1 is 1.42 bits per heavy atom. The fraction of sp³-hybridized carbons (Fsp3) is 0.143. The minimum absolute atomic E-state index is 0.174. The molecule has 2 N–H and O–H groups in total. The Morgan fingerprint density at radius 3 is 2.53 bits per heavy atom. The molecule has 0 spiro atoms. The summed E-state index contributed by atoms with van der Waals surface area (Å²) in [4.78, 5) is 22.3. The Hall–Kier alpha value is -2.74. The molecule has 0 radical (unpaired) electrons. The summed E-state index contributed by atoms with van der Waals surface area (Å²) in [5.41, 5.74) is 0.196. The third-order valence-electron chi connectivity index (χ3n) is 2.46. The minimum atomic E-state index is -1.31. The maximum Gasteiger partial charge on any atom is 0.340 e. The first-order valence-corrected chi connectivity index (χ1v) is 5.24. The van der Waals surface area contributed by atoms with Crippen molar-refractivity contribution in [3.05, 3.63) is 29.3 Å². The van der Waals surface area contributed by atoms with Crippen LogP contribution < -0.4 is 4.74 Å². The molecule has 0 heterocycles. The highest BCUT2D eigenvalue weighted by Crippen LogP contribution is 2.32. The highest BCUT2D eigenvalue weighted by molar-refractivity contribution is 6.09. The summed E-state index contributed by atoms with van der Waals surface area (Å²) in [5, 5.41) is 18.8. The molecule has 0 fully saturated rings. The normalized spacial score (nSPS) is 10.7. The zero-order chi connectivity index (χ0) is 14.6. The van der Waals surface area contributed by atoms with E-state index in [0.717, 1.165) is 6.08 Å². The van der Waals surface area contributed by atoms with E-state index in [4.69, 9.17) is 16.3 Å². The molecule has 1 rings (SSSR count). The fourth-order valence-corrected chi connectivity index (χ4v) is 1.57. The second kappa shape index (κ2) is 5.74. The lowest BCUT2D eigenvalue weighted by atomic mass is 9.98. The maximum absolute atomic E-state index is 11.2. The molecule has 0 bridgehead atoms. The van der Waals surface area contributed by atoms with Crippen LogP contribution in [0, 0.1) is 12.3 Å². The number of carbonyl (C=O) groups is 2. The highest BCUT2D eigenvalue weighted by Gasteiger charge is 2.18. The molecule has 98 valence electrons. The van der Waals surface area contributed by atoms with Gasteiger partial charge in [0.1, 0.15) is 17.1 Å². The largest absolute Gasteiger partial charge is 0.507 e. The summed E-state index contributed by atoms with van der Waals surface area (Å²) in [6.45, 7) is 1.52. The fourth-order valence-electron chi connectivity index (χ4n) is 1.57. The zero-order valence-corrected chi connectivity index (χ0v) is 10.4. The molecule has 0 unspecified atom stereocenters. The average Bonchev–Trinajstić information content (AvgIpc) is 2.36. The van der Waals surface area contributed by atoms with Gasteiger partial charge in [-0.2, -0.15) is 0 Å². The van der Waals surface area contributed by atoms with Gasteiger partial charge in [-0.1, -0.05) is 0 Å². The number of ether oxygens (including phenoxy) is 1. The zero-order valence-electron chi connectivity index (χ0n) is 10.4. The molecule has 0 aliphatic rings. The Labute approximate surface area is 110 Å². The lowest BCUT2D eigenvalue weighted by Crippen LogP contribution is -2.03. The van der Waals surface area contributed by atoms with Crippen LogP contribution in [0.1, 0.15) is 22.8 Å². The molecular weight excluding hydrogens is 248 g/mol. The number of hydrogen-bond acceptors (Lipinski definition) is 4. The van der Waals surface area contributed by atoms with Crippen molar-refractivity contribution in [1.29, 1.82) is 0 Å². The number of benzene rings is 1. The Bertz CT molecular complexity index is 605. The van der Waals surface area contributed by atoms with Crippen LogP contribution in [-0.2, 0) is 4.79 Å². The summed E-state index contributed by atoms with van der Waals surface area (Å²) in [6.07, 6.45) is 6.07. The molecule has 5 nitrogen and oxygen atoms in total. The number of aromatic hydroxyl groups is 1. The van der Waals surface area contributed by atoms with Crippen molar-refractivity contribution in [3.63, 3.8) is 0 Å². The number of ketones is 1. The summed E-state index contributed by atoms with van der Waals surface area (Å²) < 4.78 is 4.95. The van der Waals surface area contributed by atoms with Crippen LogP contribution >= 0.6 is 0 Å². The van der Waals surface area contributed by atoms with E-state index >= 15 is 0 Å². The van der Waals surface area contributed by atoms with Gasteiger partial charge in [-0.3, -0.25) is 4.79 Å². The number of methoxy groups -OCH3 is 1. The van der Waals surface area contributed by atoms with Gasteiger partial charge < -0.3 is 14.9 Å². The second-order valence-electron chi connectivity index (χ2n) is 3.71. The lowest BCUT2D eigenvalue weighted by molar-refractivity contribution is -0.109. The van der Waals surface area contributed by atoms with E-state index < -0.39 is 17.5 Å². The van der Waals surface area contributed by atoms with Gasteiger partial charge in [0, 0.05) is 6.07 Å². The van der Waals surface area contributed by atoms with Crippen LogP contribution in [0.3, 0.4) is 0 Å². The van der Waals surface area contributed by atoms with Crippen molar-refractivity contribution in [2.45, 2.75) is 6.92 Å². The number of hydrogen-bond donors (Lipinski definition) is 2. The van der Waals surface area contributed by atoms with Gasteiger partial charge in [-0.25, -0.2) is 4.79 Å². The molecule has 5 heteroatoms. The van der Waals surface area contributed by atoms with Crippen molar-refractivity contribution in [2.24, 2.45) is 0 Å². The molecule has 1 aromatic carbocycles. The minimum Gasteiger partial charge on any atom is -0.507 e. The van der Waals surface area contributed by atoms with E-state index in [1.54, 1.807) is 0 Å². The first kappa shape index (κ1) is 14.3. The monoisotopic (exact) mass is 260 g/mol. The highest BCUT2D eigenvalue weighted by atomic mass is 16.5. The van der Waals surface area contributed by atoms with Crippen LogP contribution in [0.5, 0.6) is 11.5 Å². The summed E-state index contributed by atoms with van der Waals surface area (Å²) >= 11 is 0. The van der Waals surface area contributed by atoms with Crippen LogP contribution in [0.4, 0.5) is 0 Å². The van der Waals surface area contributed by atoms with E-state index in [9.17, 15) is 14.7 Å². The van der Waals surface area contributed by atoms with E-state index in [1.165, 1.54) is 26.2 Å². The van der Waals surface area contributed by atoms with Crippen molar-refractivity contribution in [1.82, 2.24) is 0 Å². The van der Waals surface area contributed by atoms with Gasteiger partial charge in [0.15, 0.2) is 0 Å². The quantitative estimate of drug-likeness (QED) is 0.489. The number of carbonyl (C=O) groups excluding carboxylic acids is 1. The topological polar surface area (TPSA) is 83.8 Å². The molecule has 19 heavy (non-hydrogen) atoms. The van der Waals surface area contributed by atoms with E-state index in [2.05, 4.69) is 0 Å². The second-order valence-corrected chi connectivity index (χ2v) is 3.71. The Kier molecular flexibility index (Phi) is 4.32. The number of allylic oxidation sites excluding steroid dienone is 2. The summed E-state index contributed by atoms with van der Waals surface area (Å²) in [6, 6.07) is 2.60. The number of phenols is 1. The van der Waals surface area contributed by atoms with Gasteiger partial charge in [-0.05, 0) is 36.1 Å². The molecular formula is C14H12O5. The molecule has 0 aliphatic carbocycles. The van der Waals surface area contributed by atoms with Gasteiger partial charge in [-0.15, -0.1) is 6.42 Å². The number of rotatable bonds is 4. The SMILES string of the molecule is C#CC(=O)/C=C(\C)c1cc(OC)cc(O)c1C(=O)O. The third kappa shape index (κ3) is 3.13. The van der Waals surface area contributed by atoms with E-state index in [-0.39, 0.29) is 16.9 Å². The molecule has 0 aliphatic heterocycles. The molecule has 0 saturated carbocycles. The summed E-state index contributed by atoms with van der Waals surface area (Å²) in [5.74, 6) is -0.161. The van der Waals surface area contributed by atoms with Crippen molar-refractivity contribution >= 4 is 17.3 Å². The first-order chi connectivity index (χ1) is 8.90. The first-order valence-electron chi connectivity index (χ1n) is 5.24. The molecule has 0 aromatic heterocycles. The number of carboxylic acid groups (broad SMARTS) is 1. The van der Waals surface area contributed by atoms with Crippen molar-refractivity contribution < 1.29 is 24.5 Å². The van der Waals surface area contributed by atoms with Gasteiger partial charge in [0.05, 0.1) is 7.11 Å².